The molecule has 0 amide bonds. The molecule has 5 nitrogen and oxygen atoms in total. The fraction of sp³-hybridized carbons (Fsp3) is 0.643. The van der Waals surface area contributed by atoms with E-state index in [1.54, 1.807) is 10.7 Å². The first-order valence-corrected chi connectivity index (χ1v) is 7.17. The molecule has 2 heterocycles. The van der Waals surface area contributed by atoms with Gasteiger partial charge in [-0.25, -0.2) is 4.98 Å². The lowest BCUT2D eigenvalue weighted by Crippen LogP contribution is -2.28. The monoisotopic (exact) mass is 261 g/mol. The molecule has 2 atom stereocenters. The maximum atomic E-state index is 4.22. The second-order valence-electron chi connectivity index (χ2n) is 5.08. The summed E-state index contributed by atoms with van der Waals surface area (Å²) in [6, 6.07) is 2.43. The van der Waals surface area contributed by atoms with Crippen molar-refractivity contribution in [3.8, 4) is 0 Å². The van der Waals surface area contributed by atoms with Crippen LogP contribution in [0.2, 0.25) is 0 Å². The molecule has 0 saturated heterocycles. The van der Waals surface area contributed by atoms with Crippen molar-refractivity contribution in [2.45, 2.75) is 52.5 Å². The van der Waals surface area contributed by atoms with Crippen LogP contribution in [0, 0.1) is 5.92 Å². The first kappa shape index (κ1) is 13.8. The third-order valence-electron chi connectivity index (χ3n) is 3.71. The molecule has 0 aliphatic carbocycles. The number of rotatable bonds is 7. The zero-order chi connectivity index (χ0) is 13.7. The summed E-state index contributed by atoms with van der Waals surface area (Å²) >= 11 is 0. The summed E-state index contributed by atoms with van der Waals surface area (Å²) in [6.07, 6.45) is 8.14. The predicted octanol–water partition coefficient (Wildman–Crippen LogP) is 3.14. The van der Waals surface area contributed by atoms with Gasteiger partial charge in [0.15, 0.2) is 0 Å². The van der Waals surface area contributed by atoms with E-state index in [-0.39, 0.29) is 0 Å². The first-order chi connectivity index (χ1) is 9.26. The van der Waals surface area contributed by atoms with Crippen molar-refractivity contribution < 1.29 is 0 Å². The van der Waals surface area contributed by atoms with Crippen molar-refractivity contribution in [2.24, 2.45) is 5.92 Å². The van der Waals surface area contributed by atoms with Crippen LogP contribution in [-0.4, -0.2) is 25.6 Å². The summed E-state index contributed by atoms with van der Waals surface area (Å²) in [5, 5.41) is 7.83. The molecule has 0 bridgehead atoms. The van der Waals surface area contributed by atoms with Gasteiger partial charge in [0.2, 0.25) is 0 Å². The van der Waals surface area contributed by atoms with Crippen LogP contribution in [0.5, 0.6) is 0 Å². The van der Waals surface area contributed by atoms with E-state index in [1.165, 1.54) is 32.0 Å². The second kappa shape index (κ2) is 6.50. The molecule has 5 heteroatoms. The molecule has 2 unspecified atom stereocenters. The molecular formula is C14H23N5. The van der Waals surface area contributed by atoms with Crippen LogP contribution in [-0.2, 0) is 0 Å². The molecule has 2 rings (SSSR count). The summed E-state index contributed by atoms with van der Waals surface area (Å²) in [5.74, 6) is 2.26. The highest BCUT2D eigenvalue weighted by Crippen LogP contribution is 2.19. The van der Waals surface area contributed by atoms with Crippen molar-refractivity contribution >= 4 is 11.6 Å². The third-order valence-corrected chi connectivity index (χ3v) is 3.71. The highest BCUT2D eigenvalue weighted by molar-refractivity contribution is 5.42. The van der Waals surface area contributed by atoms with Crippen molar-refractivity contribution in [3.63, 3.8) is 0 Å². The van der Waals surface area contributed by atoms with E-state index in [4.69, 9.17) is 0 Å². The number of nitrogens with one attached hydrogen (secondary N) is 1. The molecule has 2 aromatic heterocycles. The van der Waals surface area contributed by atoms with Crippen molar-refractivity contribution in [2.75, 3.05) is 5.32 Å². The molecule has 0 fully saturated rings. The van der Waals surface area contributed by atoms with Gasteiger partial charge in [-0.15, -0.1) is 0 Å². The number of hydrogen-bond acceptors (Lipinski definition) is 4. The summed E-state index contributed by atoms with van der Waals surface area (Å²) in [4.78, 5) is 8.30. The summed E-state index contributed by atoms with van der Waals surface area (Å²) in [7, 11) is 0. The minimum Gasteiger partial charge on any atom is -0.367 e. The van der Waals surface area contributed by atoms with E-state index in [9.17, 15) is 0 Å². The number of aromatic nitrogens is 4. The van der Waals surface area contributed by atoms with Gasteiger partial charge >= 0.3 is 0 Å². The molecule has 0 saturated carbocycles. The summed E-state index contributed by atoms with van der Waals surface area (Å²) < 4.78 is 1.77. The Morgan fingerprint density at radius 3 is 2.89 bits per heavy atom. The van der Waals surface area contributed by atoms with Gasteiger partial charge in [0.1, 0.15) is 12.1 Å². The minimum atomic E-state index is 0.472. The Balaban J connectivity index is 2.17. The molecule has 0 aliphatic rings. The maximum absolute atomic E-state index is 4.22. The molecule has 2 aromatic rings. The van der Waals surface area contributed by atoms with Gasteiger partial charge in [-0.1, -0.05) is 40.0 Å². The van der Waals surface area contributed by atoms with E-state index in [0.29, 0.717) is 17.7 Å². The molecule has 0 radical (unpaired) electrons. The fourth-order valence-electron chi connectivity index (χ4n) is 2.25. The van der Waals surface area contributed by atoms with Gasteiger partial charge in [-0.05, 0) is 18.4 Å². The van der Waals surface area contributed by atoms with Crippen LogP contribution in [0.4, 0.5) is 5.82 Å². The summed E-state index contributed by atoms with van der Waals surface area (Å²) in [6.45, 7) is 6.77. The molecule has 0 spiro atoms. The SMILES string of the molecule is CCCCC(Nc1ccnc2ncnn12)C(C)CC. The first-order valence-electron chi connectivity index (χ1n) is 7.17. The lowest BCUT2D eigenvalue weighted by Gasteiger charge is -2.25. The standard InChI is InChI=1S/C14H23N5/c1-4-6-7-12(11(3)5-2)18-13-8-9-15-14-16-10-17-19(13)14/h8-12,18H,4-7H2,1-3H3. The van der Waals surface area contributed by atoms with Crippen LogP contribution in [0.25, 0.3) is 5.78 Å². The normalized spacial score (nSPS) is 14.5. The molecule has 19 heavy (non-hydrogen) atoms. The van der Waals surface area contributed by atoms with Crippen molar-refractivity contribution in [1.82, 2.24) is 19.6 Å². The smallest absolute Gasteiger partial charge is 0.254 e. The van der Waals surface area contributed by atoms with Crippen LogP contribution in [0.1, 0.15) is 46.5 Å². The van der Waals surface area contributed by atoms with E-state index in [1.807, 2.05) is 6.07 Å². The molecule has 1 N–H and O–H groups in total. The third kappa shape index (κ3) is 3.22. The quantitative estimate of drug-likeness (QED) is 0.832. The zero-order valence-electron chi connectivity index (χ0n) is 12.0. The largest absolute Gasteiger partial charge is 0.367 e. The minimum absolute atomic E-state index is 0.472. The van der Waals surface area contributed by atoms with Gasteiger partial charge in [-0.3, -0.25) is 0 Å². The Bertz CT molecular complexity index is 507. The Kier molecular flexibility index (Phi) is 4.71. The number of hydrogen-bond donors (Lipinski definition) is 1. The van der Waals surface area contributed by atoms with E-state index in [0.717, 1.165) is 5.82 Å². The number of nitrogens with zero attached hydrogens (tertiary/aromatic N) is 4. The Hall–Kier alpha value is -1.65. The lowest BCUT2D eigenvalue weighted by atomic mass is 9.94. The molecule has 104 valence electrons. The van der Waals surface area contributed by atoms with E-state index < -0.39 is 0 Å². The number of anilines is 1. The molecule has 0 aromatic carbocycles. The Labute approximate surface area is 114 Å². The number of fused-ring (bicyclic) bond motifs is 1. The van der Waals surface area contributed by atoms with Crippen molar-refractivity contribution in [1.29, 1.82) is 0 Å². The van der Waals surface area contributed by atoms with Gasteiger partial charge in [0, 0.05) is 12.2 Å². The lowest BCUT2D eigenvalue weighted by molar-refractivity contribution is 0.432. The maximum Gasteiger partial charge on any atom is 0.254 e. The average molecular weight is 261 g/mol. The Morgan fingerprint density at radius 2 is 2.16 bits per heavy atom. The molecular weight excluding hydrogens is 238 g/mol. The zero-order valence-corrected chi connectivity index (χ0v) is 12.0. The van der Waals surface area contributed by atoms with E-state index in [2.05, 4.69) is 41.2 Å². The van der Waals surface area contributed by atoms with Gasteiger partial charge in [-0.2, -0.15) is 14.6 Å². The van der Waals surface area contributed by atoms with Gasteiger partial charge in [0.25, 0.3) is 5.78 Å². The second-order valence-corrected chi connectivity index (χ2v) is 5.08. The predicted molar refractivity (Wildman–Crippen MR) is 77.2 cm³/mol. The van der Waals surface area contributed by atoms with Gasteiger partial charge < -0.3 is 5.32 Å². The number of unbranched alkanes of at least 4 members (excludes halogenated alkanes) is 1. The van der Waals surface area contributed by atoms with Crippen LogP contribution < -0.4 is 5.32 Å². The van der Waals surface area contributed by atoms with Crippen LogP contribution in [0.3, 0.4) is 0 Å². The highest BCUT2D eigenvalue weighted by atomic mass is 15.4. The topological polar surface area (TPSA) is 55.1 Å². The highest BCUT2D eigenvalue weighted by Gasteiger charge is 2.16. The average Bonchev–Trinajstić information content (AvgIpc) is 2.91. The van der Waals surface area contributed by atoms with Crippen molar-refractivity contribution in [3.05, 3.63) is 18.6 Å². The molecule has 0 aliphatic heterocycles. The fourth-order valence-corrected chi connectivity index (χ4v) is 2.25. The van der Waals surface area contributed by atoms with Crippen LogP contribution in [0.15, 0.2) is 18.6 Å². The van der Waals surface area contributed by atoms with Gasteiger partial charge in [0.05, 0.1) is 0 Å². The summed E-state index contributed by atoms with van der Waals surface area (Å²) in [5.41, 5.74) is 0. The van der Waals surface area contributed by atoms with E-state index >= 15 is 0 Å². The Morgan fingerprint density at radius 1 is 1.32 bits per heavy atom. The van der Waals surface area contributed by atoms with Crippen LogP contribution >= 0.6 is 0 Å².